The highest BCUT2D eigenvalue weighted by atomic mass is 79.9. The van der Waals surface area contributed by atoms with Crippen molar-refractivity contribution >= 4 is 26.0 Å². The Morgan fingerprint density at radius 2 is 2.00 bits per heavy atom. The van der Waals surface area contributed by atoms with E-state index in [4.69, 9.17) is 4.74 Å². The van der Waals surface area contributed by atoms with E-state index in [9.17, 15) is 13.5 Å². The van der Waals surface area contributed by atoms with Crippen molar-refractivity contribution in [3.05, 3.63) is 22.7 Å². The molecule has 0 amide bonds. The maximum Gasteiger partial charge on any atom is 0.244 e. The highest BCUT2D eigenvalue weighted by Crippen LogP contribution is 2.28. The summed E-state index contributed by atoms with van der Waals surface area (Å²) in [6.07, 6.45) is 3.51. The number of hydrogen-bond acceptors (Lipinski definition) is 4. The van der Waals surface area contributed by atoms with Gasteiger partial charge in [-0.3, -0.25) is 0 Å². The summed E-state index contributed by atoms with van der Waals surface area (Å²) in [6.45, 7) is 0. The van der Waals surface area contributed by atoms with Crippen molar-refractivity contribution in [2.75, 3.05) is 7.11 Å². The third kappa shape index (κ3) is 4.18. The number of halogens is 1. The van der Waals surface area contributed by atoms with Gasteiger partial charge in [-0.25, -0.2) is 13.1 Å². The fourth-order valence-corrected chi connectivity index (χ4v) is 4.56. The van der Waals surface area contributed by atoms with Crippen molar-refractivity contribution in [3.8, 4) is 5.75 Å². The normalized spacial score (nSPS) is 23.6. The second-order valence-electron chi connectivity index (χ2n) is 5.23. The minimum atomic E-state index is -3.74. The minimum absolute atomic E-state index is 0.0795. The maximum atomic E-state index is 12.6. The van der Waals surface area contributed by atoms with E-state index in [-0.39, 0.29) is 10.6 Å². The average Bonchev–Trinajstić information content (AvgIpc) is 2.64. The second-order valence-corrected chi connectivity index (χ2v) is 7.83. The first-order valence-electron chi connectivity index (χ1n) is 6.98. The number of hydrogen-bond donors (Lipinski definition) is 2. The summed E-state index contributed by atoms with van der Waals surface area (Å²) in [4.78, 5) is 0.0795. The molecule has 0 aromatic heterocycles. The van der Waals surface area contributed by atoms with Crippen LogP contribution in [0.3, 0.4) is 0 Å². The standard InChI is InChI=1S/C14H20BrNO4S/c1-20-13-8-7-10(15)9-14(13)21(18,19)16-11-5-3-2-4-6-12(11)17/h7-9,11-12,16-17H,2-6H2,1H3. The molecule has 2 rings (SSSR count). The molecular formula is C14H20BrNO4S. The van der Waals surface area contributed by atoms with Crippen molar-refractivity contribution in [3.63, 3.8) is 0 Å². The molecule has 1 aromatic carbocycles. The van der Waals surface area contributed by atoms with Gasteiger partial charge in [0.1, 0.15) is 10.6 Å². The smallest absolute Gasteiger partial charge is 0.244 e. The van der Waals surface area contributed by atoms with Crippen LogP contribution in [-0.4, -0.2) is 32.8 Å². The van der Waals surface area contributed by atoms with Crippen LogP contribution in [0.4, 0.5) is 0 Å². The summed E-state index contributed by atoms with van der Waals surface area (Å²) in [5, 5.41) is 10.1. The van der Waals surface area contributed by atoms with E-state index in [2.05, 4.69) is 20.7 Å². The van der Waals surface area contributed by atoms with E-state index < -0.39 is 22.2 Å². The second kappa shape index (κ2) is 7.09. The molecule has 1 aromatic rings. The predicted octanol–water partition coefficient (Wildman–Crippen LogP) is 2.43. The summed E-state index contributed by atoms with van der Waals surface area (Å²) in [6, 6.07) is 4.38. The Morgan fingerprint density at radius 1 is 1.29 bits per heavy atom. The molecular weight excluding hydrogens is 358 g/mol. The van der Waals surface area contributed by atoms with Crippen LogP contribution < -0.4 is 9.46 Å². The minimum Gasteiger partial charge on any atom is -0.495 e. The Kier molecular flexibility index (Phi) is 5.65. The van der Waals surface area contributed by atoms with Crippen LogP contribution >= 0.6 is 15.9 Å². The topological polar surface area (TPSA) is 75.6 Å². The van der Waals surface area contributed by atoms with Crippen molar-refractivity contribution in [2.24, 2.45) is 0 Å². The molecule has 1 saturated carbocycles. The van der Waals surface area contributed by atoms with E-state index in [0.717, 1.165) is 19.3 Å². The van der Waals surface area contributed by atoms with Gasteiger partial charge >= 0.3 is 0 Å². The number of benzene rings is 1. The Labute approximate surface area is 133 Å². The summed E-state index contributed by atoms with van der Waals surface area (Å²) in [5.74, 6) is 0.286. The molecule has 7 heteroatoms. The van der Waals surface area contributed by atoms with Gasteiger partial charge in [-0.1, -0.05) is 35.2 Å². The number of sulfonamides is 1. The monoisotopic (exact) mass is 377 g/mol. The van der Waals surface area contributed by atoms with Gasteiger partial charge in [0, 0.05) is 10.5 Å². The lowest BCUT2D eigenvalue weighted by Gasteiger charge is -2.22. The van der Waals surface area contributed by atoms with Crippen molar-refractivity contribution < 1.29 is 18.3 Å². The highest BCUT2D eigenvalue weighted by Gasteiger charge is 2.28. The molecule has 0 heterocycles. The summed E-state index contributed by atoms with van der Waals surface area (Å²) in [7, 11) is -2.31. The first-order chi connectivity index (χ1) is 9.94. The molecule has 0 aliphatic heterocycles. The van der Waals surface area contributed by atoms with Crippen LogP contribution in [0, 0.1) is 0 Å². The maximum absolute atomic E-state index is 12.6. The Hall–Kier alpha value is -0.630. The molecule has 0 bridgehead atoms. The Morgan fingerprint density at radius 3 is 2.71 bits per heavy atom. The van der Waals surface area contributed by atoms with E-state index in [1.54, 1.807) is 12.1 Å². The first kappa shape index (κ1) is 16.7. The molecule has 1 aliphatic carbocycles. The number of aliphatic hydroxyl groups excluding tert-OH is 1. The van der Waals surface area contributed by atoms with Crippen molar-refractivity contribution in [2.45, 2.75) is 49.1 Å². The molecule has 1 aliphatic rings. The van der Waals surface area contributed by atoms with Gasteiger partial charge in [-0.05, 0) is 31.0 Å². The molecule has 118 valence electrons. The van der Waals surface area contributed by atoms with Gasteiger partial charge in [-0.2, -0.15) is 0 Å². The number of nitrogens with one attached hydrogen (secondary N) is 1. The van der Waals surface area contributed by atoms with E-state index in [1.807, 2.05) is 0 Å². The van der Waals surface area contributed by atoms with Gasteiger partial charge in [-0.15, -0.1) is 0 Å². The highest BCUT2D eigenvalue weighted by molar-refractivity contribution is 9.10. The fourth-order valence-electron chi connectivity index (χ4n) is 2.55. The fraction of sp³-hybridized carbons (Fsp3) is 0.571. The largest absolute Gasteiger partial charge is 0.495 e. The Balaban J connectivity index is 2.27. The van der Waals surface area contributed by atoms with Gasteiger partial charge in [0.05, 0.1) is 13.2 Å². The third-order valence-corrected chi connectivity index (χ3v) is 5.71. The zero-order chi connectivity index (χ0) is 15.5. The van der Waals surface area contributed by atoms with Gasteiger partial charge in [0.15, 0.2) is 0 Å². The molecule has 5 nitrogen and oxygen atoms in total. The number of ether oxygens (including phenoxy) is 1. The van der Waals surface area contributed by atoms with Gasteiger partial charge in [0.25, 0.3) is 0 Å². The lowest BCUT2D eigenvalue weighted by atomic mass is 10.1. The van der Waals surface area contributed by atoms with Crippen LogP contribution in [0.15, 0.2) is 27.6 Å². The lowest BCUT2D eigenvalue weighted by Crippen LogP contribution is -2.42. The summed E-state index contributed by atoms with van der Waals surface area (Å²) in [5.41, 5.74) is 0. The number of methoxy groups -OCH3 is 1. The predicted molar refractivity (Wildman–Crippen MR) is 83.9 cm³/mol. The molecule has 0 spiro atoms. The van der Waals surface area contributed by atoms with E-state index >= 15 is 0 Å². The number of rotatable bonds is 4. The molecule has 2 unspecified atom stereocenters. The first-order valence-corrected chi connectivity index (χ1v) is 9.25. The lowest BCUT2D eigenvalue weighted by molar-refractivity contribution is 0.130. The average molecular weight is 378 g/mol. The number of aliphatic hydroxyl groups is 1. The summed E-state index contributed by atoms with van der Waals surface area (Å²) >= 11 is 3.27. The molecule has 2 atom stereocenters. The van der Waals surface area contributed by atoms with Gasteiger partial charge in [0.2, 0.25) is 10.0 Å². The zero-order valence-electron chi connectivity index (χ0n) is 11.9. The molecule has 2 N–H and O–H groups in total. The quantitative estimate of drug-likeness (QED) is 0.790. The van der Waals surface area contributed by atoms with Crippen LogP contribution in [0.1, 0.15) is 32.1 Å². The van der Waals surface area contributed by atoms with Crippen LogP contribution in [-0.2, 0) is 10.0 Å². The van der Waals surface area contributed by atoms with Gasteiger partial charge < -0.3 is 9.84 Å². The van der Waals surface area contributed by atoms with Crippen LogP contribution in [0.2, 0.25) is 0 Å². The van der Waals surface area contributed by atoms with E-state index in [1.165, 1.54) is 13.2 Å². The van der Waals surface area contributed by atoms with Crippen LogP contribution in [0.25, 0.3) is 0 Å². The molecule has 0 radical (unpaired) electrons. The summed E-state index contributed by atoms with van der Waals surface area (Å²) < 4.78 is 33.5. The molecule has 21 heavy (non-hydrogen) atoms. The SMILES string of the molecule is COc1ccc(Br)cc1S(=O)(=O)NC1CCCCCC1O. The van der Waals surface area contributed by atoms with Crippen molar-refractivity contribution in [1.82, 2.24) is 4.72 Å². The molecule has 1 fully saturated rings. The van der Waals surface area contributed by atoms with E-state index in [0.29, 0.717) is 17.3 Å². The third-order valence-electron chi connectivity index (χ3n) is 3.70. The molecule has 0 saturated heterocycles. The van der Waals surface area contributed by atoms with Crippen LogP contribution in [0.5, 0.6) is 5.75 Å². The van der Waals surface area contributed by atoms with Crippen molar-refractivity contribution in [1.29, 1.82) is 0 Å². The zero-order valence-corrected chi connectivity index (χ0v) is 14.3. The Bertz CT molecular complexity index is 591.